The van der Waals surface area contributed by atoms with Crippen LogP contribution in [0.1, 0.15) is 0 Å². The summed E-state index contributed by atoms with van der Waals surface area (Å²) < 4.78 is 4.71. The first-order valence-electron chi connectivity index (χ1n) is 20.4. The average molecular weight is 764 g/mol. The minimum absolute atomic E-state index is 0.567. The Balaban J connectivity index is 1.20. The lowest BCUT2D eigenvalue weighted by molar-refractivity contribution is 0.953. The van der Waals surface area contributed by atoms with Crippen molar-refractivity contribution in [2.45, 2.75) is 0 Å². The molecule has 0 aliphatic heterocycles. The van der Waals surface area contributed by atoms with E-state index >= 15 is 0 Å². The van der Waals surface area contributed by atoms with Gasteiger partial charge in [0.1, 0.15) is 0 Å². The SMILES string of the molecule is c1ccc(-c2cccc(-c3nc(-c4ccccc4)nc(-n4c5ccccc5c5c6c7c8c(cccc8n(-c8ccccc8)c7cc54)-c4cccc5cccc-6c45)n3)c2)cc1. The monoisotopic (exact) mass is 763 g/mol. The lowest BCUT2D eigenvalue weighted by Gasteiger charge is -2.15. The van der Waals surface area contributed by atoms with Crippen LogP contribution < -0.4 is 0 Å². The summed E-state index contributed by atoms with van der Waals surface area (Å²) in [7, 11) is 0. The minimum Gasteiger partial charge on any atom is -0.309 e. The smallest absolute Gasteiger partial charge is 0.238 e. The molecule has 0 atom stereocenters. The summed E-state index contributed by atoms with van der Waals surface area (Å²) in [5.41, 5.74) is 14.5. The van der Waals surface area contributed by atoms with Gasteiger partial charge in [-0.05, 0) is 75.0 Å². The predicted molar refractivity (Wildman–Crippen MR) is 247 cm³/mol. The molecule has 0 fully saturated rings. The van der Waals surface area contributed by atoms with Crippen molar-refractivity contribution in [1.29, 1.82) is 0 Å². The molecule has 12 aromatic rings. The van der Waals surface area contributed by atoms with Crippen LogP contribution in [0.15, 0.2) is 200 Å². The van der Waals surface area contributed by atoms with Crippen molar-refractivity contribution in [3.05, 3.63) is 200 Å². The van der Waals surface area contributed by atoms with Gasteiger partial charge in [0.2, 0.25) is 5.95 Å². The highest BCUT2D eigenvalue weighted by atomic mass is 15.2. The van der Waals surface area contributed by atoms with Gasteiger partial charge in [0.15, 0.2) is 11.6 Å². The molecule has 0 amide bonds. The molecule has 1 aliphatic rings. The second-order valence-corrected chi connectivity index (χ2v) is 15.6. The van der Waals surface area contributed by atoms with Crippen LogP contribution in [0.3, 0.4) is 0 Å². The van der Waals surface area contributed by atoms with Crippen molar-refractivity contribution in [3.63, 3.8) is 0 Å². The third-order valence-corrected chi connectivity index (χ3v) is 12.3. The summed E-state index contributed by atoms with van der Waals surface area (Å²) in [6, 6.07) is 71.3. The normalized spacial score (nSPS) is 12.0. The lowest BCUT2D eigenvalue weighted by atomic mass is 9.91. The quantitative estimate of drug-likeness (QED) is 0.175. The van der Waals surface area contributed by atoms with Crippen LogP contribution in [-0.4, -0.2) is 24.1 Å². The largest absolute Gasteiger partial charge is 0.309 e. The number of hydrogen-bond acceptors (Lipinski definition) is 3. The van der Waals surface area contributed by atoms with Crippen molar-refractivity contribution in [1.82, 2.24) is 24.1 Å². The first-order chi connectivity index (χ1) is 29.8. The van der Waals surface area contributed by atoms with Crippen molar-refractivity contribution < 1.29 is 0 Å². The first kappa shape index (κ1) is 32.9. The fourth-order valence-electron chi connectivity index (χ4n) is 9.78. The van der Waals surface area contributed by atoms with E-state index in [1.54, 1.807) is 0 Å². The van der Waals surface area contributed by atoms with E-state index in [1.165, 1.54) is 54.7 Å². The van der Waals surface area contributed by atoms with Crippen LogP contribution in [0.25, 0.3) is 122 Å². The predicted octanol–water partition coefficient (Wildman–Crippen LogP) is 13.9. The van der Waals surface area contributed by atoms with E-state index in [-0.39, 0.29) is 0 Å². The van der Waals surface area contributed by atoms with Gasteiger partial charge in [0.25, 0.3) is 0 Å². The number of nitrogens with zero attached hydrogens (tertiary/aromatic N) is 5. The molecule has 278 valence electrons. The number of rotatable bonds is 5. The molecule has 0 N–H and O–H groups in total. The van der Waals surface area contributed by atoms with Crippen LogP contribution in [0.5, 0.6) is 0 Å². The van der Waals surface area contributed by atoms with E-state index in [9.17, 15) is 0 Å². The highest BCUT2D eigenvalue weighted by Gasteiger charge is 2.29. The summed E-state index contributed by atoms with van der Waals surface area (Å²) in [6.07, 6.45) is 0. The molecule has 3 aromatic heterocycles. The van der Waals surface area contributed by atoms with E-state index in [0.29, 0.717) is 17.6 Å². The molecule has 13 rings (SSSR count). The summed E-state index contributed by atoms with van der Waals surface area (Å²) >= 11 is 0. The number of aromatic nitrogens is 5. The first-order valence-corrected chi connectivity index (χ1v) is 20.4. The van der Waals surface area contributed by atoms with E-state index in [1.807, 2.05) is 24.3 Å². The zero-order valence-electron chi connectivity index (χ0n) is 32.3. The molecule has 0 unspecified atom stereocenters. The van der Waals surface area contributed by atoms with Crippen molar-refractivity contribution in [2.24, 2.45) is 0 Å². The Morgan fingerprint density at radius 1 is 0.317 bits per heavy atom. The van der Waals surface area contributed by atoms with Gasteiger partial charge >= 0.3 is 0 Å². The second kappa shape index (κ2) is 12.7. The summed E-state index contributed by atoms with van der Waals surface area (Å²) in [5, 5.41) is 7.34. The highest BCUT2D eigenvalue weighted by molar-refractivity contribution is 6.34. The van der Waals surface area contributed by atoms with Crippen molar-refractivity contribution in [2.75, 3.05) is 0 Å². The molecule has 0 spiro atoms. The minimum atomic E-state index is 0.567. The number of para-hydroxylation sites is 2. The average Bonchev–Trinajstić information content (AvgIpc) is 3.79. The molecule has 5 heteroatoms. The summed E-state index contributed by atoms with van der Waals surface area (Å²) in [5.74, 6) is 1.80. The van der Waals surface area contributed by atoms with Gasteiger partial charge in [-0.3, -0.25) is 4.57 Å². The molecule has 60 heavy (non-hydrogen) atoms. The third kappa shape index (κ3) is 4.71. The fraction of sp³-hybridized carbons (Fsp3) is 0. The summed E-state index contributed by atoms with van der Waals surface area (Å²) in [4.78, 5) is 15.9. The maximum absolute atomic E-state index is 5.40. The van der Waals surface area contributed by atoms with Gasteiger partial charge < -0.3 is 4.57 Å². The number of fused-ring (bicyclic) bond motifs is 6. The molecule has 9 aromatic carbocycles. The van der Waals surface area contributed by atoms with Gasteiger partial charge in [-0.2, -0.15) is 9.97 Å². The van der Waals surface area contributed by atoms with E-state index in [0.717, 1.165) is 49.9 Å². The Bertz CT molecular complexity index is 3690. The molecule has 1 aliphatic carbocycles. The zero-order chi connectivity index (χ0) is 39.3. The Morgan fingerprint density at radius 2 is 0.883 bits per heavy atom. The van der Waals surface area contributed by atoms with Crippen LogP contribution in [0, 0.1) is 0 Å². The highest BCUT2D eigenvalue weighted by Crippen LogP contribution is 2.53. The Hall–Kier alpha value is -8.15. The molecule has 0 saturated heterocycles. The van der Waals surface area contributed by atoms with E-state index < -0.39 is 0 Å². The molecule has 0 radical (unpaired) electrons. The standard InChI is InChI=1S/C55H33N5/c1-4-16-34(17-5-1)37-22-12-23-38(32-37)54-56-53(36-18-6-2-7-19-36)57-55(58-54)60-44-30-11-10-26-42(44)50-46(60)33-47-52-49-41(28-15-31-45(49)59(47)39-24-8-3-9-25-39)40-27-13-20-35-21-14-29-43(48(35)40)51(50)52/h1-33H. The molecule has 3 heterocycles. The second-order valence-electron chi connectivity index (χ2n) is 15.6. The Labute approximate surface area is 345 Å². The van der Waals surface area contributed by atoms with Gasteiger partial charge in [-0.1, -0.05) is 164 Å². The van der Waals surface area contributed by atoms with Gasteiger partial charge in [-0.15, -0.1) is 0 Å². The summed E-state index contributed by atoms with van der Waals surface area (Å²) in [6.45, 7) is 0. The van der Waals surface area contributed by atoms with Gasteiger partial charge in [0.05, 0.1) is 22.1 Å². The van der Waals surface area contributed by atoms with Crippen LogP contribution in [0.2, 0.25) is 0 Å². The number of benzene rings is 9. The third-order valence-electron chi connectivity index (χ3n) is 12.3. The topological polar surface area (TPSA) is 48.5 Å². The Morgan fingerprint density at radius 3 is 1.67 bits per heavy atom. The van der Waals surface area contributed by atoms with Crippen molar-refractivity contribution >= 4 is 54.4 Å². The molecule has 0 bridgehead atoms. The zero-order valence-corrected chi connectivity index (χ0v) is 32.3. The van der Waals surface area contributed by atoms with Crippen LogP contribution >= 0.6 is 0 Å². The maximum Gasteiger partial charge on any atom is 0.238 e. The molecular weight excluding hydrogens is 731 g/mol. The fourth-order valence-corrected chi connectivity index (χ4v) is 9.78. The number of hydrogen-bond donors (Lipinski definition) is 0. The van der Waals surface area contributed by atoms with Crippen molar-refractivity contribution in [3.8, 4) is 67.8 Å². The van der Waals surface area contributed by atoms with Gasteiger partial charge in [-0.25, -0.2) is 4.98 Å². The van der Waals surface area contributed by atoms with E-state index in [4.69, 9.17) is 15.0 Å². The molecule has 5 nitrogen and oxygen atoms in total. The van der Waals surface area contributed by atoms with Crippen LogP contribution in [-0.2, 0) is 0 Å². The van der Waals surface area contributed by atoms with E-state index in [2.05, 4.69) is 185 Å². The van der Waals surface area contributed by atoms with Crippen LogP contribution in [0.4, 0.5) is 0 Å². The van der Waals surface area contributed by atoms with Gasteiger partial charge in [0, 0.05) is 43.9 Å². The lowest BCUT2D eigenvalue weighted by Crippen LogP contribution is -2.06. The molecule has 0 saturated carbocycles. The maximum atomic E-state index is 5.40. The molecular formula is C55H33N5. The Kier molecular flexibility index (Phi) is 6.95.